The zero-order valence-corrected chi connectivity index (χ0v) is 11.8. The average Bonchev–Trinajstić information content (AvgIpc) is 2.41. The van der Waals surface area contributed by atoms with Crippen LogP contribution in [0.1, 0.15) is 54.9 Å². The van der Waals surface area contributed by atoms with E-state index >= 15 is 0 Å². The van der Waals surface area contributed by atoms with Crippen molar-refractivity contribution in [1.82, 2.24) is 0 Å². The molecule has 2 unspecified atom stereocenters. The minimum absolute atomic E-state index is 0.0193. The minimum atomic E-state index is -0.395. The third-order valence-electron chi connectivity index (χ3n) is 4.11. The third-order valence-corrected chi connectivity index (χ3v) is 4.11. The second-order valence-corrected chi connectivity index (χ2v) is 5.68. The molecule has 19 heavy (non-hydrogen) atoms. The largest absolute Gasteiger partial charge is 0.299 e. The van der Waals surface area contributed by atoms with Crippen molar-refractivity contribution in [3.63, 3.8) is 0 Å². The lowest BCUT2D eigenvalue weighted by Crippen LogP contribution is -2.31. The Labute approximate surface area is 115 Å². The smallest absolute Gasteiger partial charge is 0.173 e. The van der Waals surface area contributed by atoms with Gasteiger partial charge in [0.15, 0.2) is 5.78 Å². The molecule has 0 aromatic heterocycles. The Morgan fingerprint density at radius 3 is 2.58 bits per heavy atom. The van der Waals surface area contributed by atoms with E-state index in [1.165, 1.54) is 0 Å². The lowest BCUT2D eigenvalue weighted by molar-refractivity contribution is -0.124. The van der Waals surface area contributed by atoms with Gasteiger partial charge in [0.1, 0.15) is 5.78 Å². The molecule has 2 nitrogen and oxygen atoms in total. The molecule has 1 aromatic rings. The van der Waals surface area contributed by atoms with Crippen molar-refractivity contribution in [3.05, 3.63) is 35.4 Å². The van der Waals surface area contributed by atoms with E-state index in [-0.39, 0.29) is 11.6 Å². The van der Waals surface area contributed by atoms with Crippen LogP contribution in [0, 0.1) is 18.8 Å². The molecule has 1 aliphatic carbocycles. The van der Waals surface area contributed by atoms with Crippen LogP contribution in [0.3, 0.4) is 0 Å². The van der Waals surface area contributed by atoms with Gasteiger partial charge in [-0.1, -0.05) is 49.6 Å². The summed E-state index contributed by atoms with van der Waals surface area (Å²) >= 11 is 0. The number of aryl methyl sites for hydroxylation is 1. The molecule has 0 saturated heterocycles. The molecular weight excluding hydrogens is 236 g/mol. The minimum Gasteiger partial charge on any atom is -0.299 e. The number of ketones is 2. The summed E-state index contributed by atoms with van der Waals surface area (Å²) in [5.74, 6) is 0.304. The van der Waals surface area contributed by atoms with Gasteiger partial charge in [0, 0.05) is 12.0 Å². The number of hydrogen-bond donors (Lipinski definition) is 0. The molecule has 2 heteroatoms. The molecule has 2 atom stereocenters. The summed E-state index contributed by atoms with van der Waals surface area (Å²) in [7, 11) is 0. The summed E-state index contributed by atoms with van der Waals surface area (Å²) in [6.45, 7) is 4.16. The molecule has 1 aliphatic rings. The quantitative estimate of drug-likeness (QED) is 0.605. The van der Waals surface area contributed by atoms with Crippen molar-refractivity contribution in [2.75, 3.05) is 0 Å². The monoisotopic (exact) mass is 258 g/mol. The SMILES string of the molecule is CCCC1CCC(=O)C(C(=O)c2ccc(C)cc2)C1. The number of hydrogen-bond acceptors (Lipinski definition) is 2. The van der Waals surface area contributed by atoms with E-state index in [2.05, 4.69) is 6.92 Å². The summed E-state index contributed by atoms with van der Waals surface area (Å²) in [4.78, 5) is 24.5. The number of carbonyl (C=O) groups excluding carboxylic acids is 2. The Morgan fingerprint density at radius 2 is 1.95 bits per heavy atom. The molecule has 0 radical (unpaired) electrons. The topological polar surface area (TPSA) is 34.1 Å². The highest BCUT2D eigenvalue weighted by Crippen LogP contribution is 2.31. The normalized spacial score (nSPS) is 23.4. The Bertz CT molecular complexity index is 459. The van der Waals surface area contributed by atoms with Gasteiger partial charge in [-0.05, 0) is 25.7 Å². The number of rotatable bonds is 4. The molecule has 0 bridgehead atoms. The van der Waals surface area contributed by atoms with Crippen LogP contribution >= 0.6 is 0 Å². The molecule has 102 valence electrons. The van der Waals surface area contributed by atoms with E-state index in [9.17, 15) is 9.59 Å². The van der Waals surface area contributed by atoms with Gasteiger partial charge in [-0.15, -0.1) is 0 Å². The van der Waals surface area contributed by atoms with Crippen molar-refractivity contribution < 1.29 is 9.59 Å². The Kier molecular flexibility index (Phi) is 4.52. The first kappa shape index (κ1) is 14.0. The first-order valence-electron chi connectivity index (χ1n) is 7.25. The van der Waals surface area contributed by atoms with Crippen LogP contribution < -0.4 is 0 Å². The van der Waals surface area contributed by atoms with Gasteiger partial charge in [0.25, 0.3) is 0 Å². The molecule has 0 spiro atoms. The predicted molar refractivity (Wildman–Crippen MR) is 76.3 cm³/mol. The first-order chi connectivity index (χ1) is 9.11. The summed E-state index contributed by atoms with van der Waals surface area (Å²) < 4.78 is 0. The van der Waals surface area contributed by atoms with Gasteiger partial charge in [0.2, 0.25) is 0 Å². The van der Waals surface area contributed by atoms with Crippen molar-refractivity contribution in [2.45, 2.75) is 46.0 Å². The number of benzene rings is 1. The highest BCUT2D eigenvalue weighted by atomic mass is 16.1. The Hall–Kier alpha value is -1.44. The lowest BCUT2D eigenvalue weighted by atomic mass is 9.75. The fraction of sp³-hybridized carbons (Fsp3) is 0.529. The summed E-state index contributed by atoms with van der Waals surface area (Å²) in [6.07, 6.45) is 4.55. The molecular formula is C17H22O2. The van der Waals surface area contributed by atoms with Gasteiger partial charge in [-0.2, -0.15) is 0 Å². The van der Waals surface area contributed by atoms with E-state index in [0.29, 0.717) is 17.9 Å². The molecule has 1 aromatic carbocycles. The Morgan fingerprint density at radius 1 is 1.26 bits per heavy atom. The van der Waals surface area contributed by atoms with E-state index in [1.54, 1.807) is 0 Å². The maximum atomic E-state index is 12.5. The van der Waals surface area contributed by atoms with Crippen molar-refractivity contribution in [3.8, 4) is 0 Å². The molecule has 0 N–H and O–H groups in total. The highest BCUT2D eigenvalue weighted by Gasteiger charge is 2.33. The molecule has 2 rings (SSSR count). The van der Waals surface area contributed by atoms with E-state index in [4.69, 9.17) is 0 Å². The van der Waals surface area contributed by atoms with Crippen LogP contribution in [-0.2, 0) is 4.79 Å². The van der Waals surface area contributed by atoms with Crippen LogP contribution in [0.2, 0.25) is 0 Å². The van der Waals surface area contributed by atoms with Crippen LogP contribution in [0.4, 0.5) is 0 Å². The summed E-state index contributed by atoms with van der Waals surface area (Å²) in [6, 6.07) is 7.55. The highest BCUT2D eigenvalue weighted by molar-refractivity contribution is 6.10. The van der Waals surface area contributed by atoms with Gasteiger partial charge >= 0.3 is 0 Å². The zero-order chi connectivity index (χ0) is 13.8. The van der Waals surface area contributed by atoms with Gasteiger partial charge < -0.3 is 0 Å². The molecule has 0 aliphatic heterocycles. The fourth-order valence-corrected chi connectivity index (χ4v) is 2.95. The average molecular weight is 258 g/mol. The van der Waals surface area contributed by atoms with Gasteiger partial charge in [-0.25, -0.2) is 0 Å². The van der Waals surface area contributed by atoms with Crippen LogP contribution in [0.5, 0.6) is 0 Å². The maximum absolute atomic E-state index is 12.5. The zero-order valence-electron chi connectivity index (χ0n) is 11.8. The Balaban J connectivity index is 2.12. The van der Waals surface area contributed by atoms with E-state index in [1.807, 2.05) is 31.2 Å². The van der Waals surface area contributed by atoms with E-state index in [0.717, 1.165) is 31.2 Å². The molecule has 0 heterocycles. The second-order valence-electron chi connectivity index (χ2n) is 5.68. The molecule has 0 amide bonds. The van der Waals surface area contributed by atoms with Crippen LogP contribution in [0.15, 0.2) is 24.3 Å². The number of Topliss-reactive ketones (excluding diaryl/α,β-unsaturated/α-hetero) is 2. The van der Waals surface area contributed by atoms with E-state index < -0.39 is 5.92 Å². The van der Waals surface area contributed by atoms with Gasteiger partial charge in [0.05, 0.1) is 5.92 Å². The van der Waals surface area contributed by atoms with Crippen molar-refractivity contribution in [2.24, 2.45) is 11.8 Å². The number of carbonyl (C=O) groups is 2. The second kappa shape index (κ2) is 6.14. The maximum Gasteiger partial charge on any atom is 0.173 e. The summed E-state index contributed by atoms with van der Waals surface area (Å²) in [5.41, 5.74) is 1.82. The lowest BCUT2D eigenvalue weighted by Gasteiger charge is -2.27. The van der Waals surface area contributed by atoms with Crippen molar-refractivity contribution in [1.29, 1.82) is 0 Å². The van der Waals surface area contributed by atoms with Crippen LogP contribution in [0.25, 0.3) is 0 Å². The van der Waals surface area contributed by atoms with Gasteiger partial charge in [-0.3, -0.25) is 9.59 Å². The predicted octanol–water partition coefficient (Wildman–Crippen LogP) is 3.96. The molecule has 1 fully saturated rings. The standard InChI is InChI=1S/C17H22O2/c1-3-4-13-7-10-16(18)15(11-13)17(19)14-8-5-12(2)6-9-14/h5-6,8-9,13,15H,3-4,7,10-11H2,1-2H3. The third kappa shape index (κ3) is 3.31. The fourth-order valence-electron chi connectivity index (χ4n) is 2.95. The molecule has 1 saturated carbocycles. The van der Waals surface area contributed by atoms with Crippen molar-refractivity contribution >= 4 is 11.6 Å². The van der Waals surface area contributed by atoms with Crippen LogP contribution in [-0.4, -0.2) is 11.6 Å². The first-order valence-corrected chi connectivity index (χ1v) is 7.25. The summed E-state index contributed by atoms with van der Waals surface area (Å²) in [5, 5.41) is 0.